The third-order valence-electron chi connectivity index (χ3n) is 2.61. The van der Waals surface area contributed by atoms with Crippen LogP contribution in [0.4, 0.5) is 0 Å². The first-order valence-corrected chi connectivity index (χ1v) is 4.87. The second-order valence-corrected chi connectivity index (χ2v) is 3.63. The van der Waals surface area contributed by atoms with Crippen molar-refractivity contribution in [3.05, 3.63) is 29.1 Å². The van der Waals surface area contributed by atoms with E-state index in [1.165, 1.54) is 11.1 Å². The minimum atomic E-state index is 0. The lowest BCUT2D eigenvalue weighted by molar-refractivity contribution is 0.900. The first-order valence-electron chi connectivity index (χ1n) is 4.87. The zero-order valence-corrected chi connectivity index (χ0v) is 11.0. The number of nitrogens with zero attached hydrogens (tertiary/aromatic N) is 1. The second kappa shape index (κ2) is 6.09. The highest BCUT2D eigenvalue weighted by Crippen LogP contribution is 2.19. The number of hydrogen-bond acceptors (Lipinski definition) is 2. The summed E-state index contributed by atoms with van der Waals surface area (Å²) in [7, 11) is 0. The highest BCUT2D eigenvalue weighted by Gasteiger charge is 2.05. The molecule has 3 N–H and O–H groups in total. The molecule has 0 fully saturated rings. The molecule has 5 heteroatoms. The number of nitrogens with two attached hydrogens (primary N) is 1. The van der Waals surface area contributed by atoms with Gasteiger partial charge in [0.15, 0.2) is 0 Å². The SMILES string of the molecule is Cc1ccc2[nH]c(CCN)nc2c1C.Cl.Cl. The average Bonchev–Trinajstić information content (AvgIpc) is 2.56. The van der Waals surface area contributed by atoms with E-state index in [4.69, 9.17) is 5.73 Å². The minimum absolute atomic E-state index is 0. The van der Waals surface area contributed by atoms with Crippen LogP contribution in [0, 0.1) is 13.8 Å². The maximum atomic E-state index is 5.49. The molecule has 2 aromatic rings. The van der Waals surface area contributed by atoms with Crippen LogP contribution in [0.2, 0.25) is 0 Å². The molecule has 0 aliphatic rings. The van der Waals surface area contributed by atoms with Gasteiger partial charge in [0, 0.05) is 6.42 Å². The summed E-state index contributed by atoms with van der Waals surface area (Å²) in [5, 5.41) is 0. The molecule has 2 rings (SSSR count). The molecule has 3 nitrogen and oxygen atoms in total. The van der Waals surface area contributed by atoms with Gasteiger partial charge in [0.05, 0.1) is 11.0 Å². The number of benzene rings is 1. The maximum Gasteiger partial charge on any atom is 0.108 e. The van der Waals surface area contributed by atoms with Crippen LogP contribution in [0.3, 0.4) is 0 Å². The number of aromatic nitrogens is 2. The molecule has 90 valence electrons. The van der Waals surface area contributed by atoms with Gasteiger partial charge in [0.2, 0.25) is 0 Å². The Labute approximate surface area is 108 Å². The van der Waals surface area contributed by atoms with Gasteiger partial charge in [0.25, 0.3) is 0 Å². The number of aryl methyl sites for hydroxylation is 2. The third kappa shape index (κ3) is 2.67. The number of hydrogen-bond donors (Lipinski definition) is 2. The topological polar surface area (TPSA) is 54.7 Å². The molecule has 0 unspecified atom stereocenters. The van der Waals surface area contributed by atoms with Crippen molar-refractivity contribution < 1.29 is 0 Å². The molecule has 0 radical (unpaired) electrons. The van der Waals surface area contributed by atoms with E-state index in [0.29, 0.717) is 6.54 Å². The van der Waals surface area contributed by atoms with Crippen molar-refractivity contribution >= 4 is 35.8 Å². The lowest BCUT2D eigenvalue weighted by atomic mass is 10.1. The summed E-state index contributed by atoms with van der Waals surface area (Å²) < 4.78 is 0. The van der Waals surface area contributed by atoms with Crippen molar-refractivity contribution in [1.29, 1.82) is 0 Å². The maximum absolute atomic E-state index is 5.49. The Balaban J connectivity index is 0.00000112. The smallest absolute Gasteiger partial charge is 0.108 e. The van der Waals surface area contributed by atoms with Crippen LogP contribution < -0.4 is 5.73 Å². The Bertz CT molecular complexity index is 465. The first kappa shape index (κ1) is 15.2. The molecule has 1 aromatic carbocycles. The normalized spacial score (nSPS) is 9.69. The van der Waals surface area contributed by atoms with Gasteiger partial charge in [0.1, 0.15) is 5.82 Å². The van der Waals surface area contributed by atoms with Crippen LogP contribution >= 0.6 is 24.8 Å². The van der Waals surface area contributed by atoms with Crippen molar-refractivity contribution in [2.45, 2.75) is 20.3 Å². The molecule has 0 aliphatic heterocycles. The van der Waals surface area contributed by atoms with Crippen molar-refractivity contribution in [3.63, 3.8) is 0 Å². The van der Waals surface area contributed by atoms with Crippen LogP contribution in [-0.4, -0.2) is 16.5 Å². The van der Waals surface area contributed by atoms with E-state index in [-0.39, 0.29) is 24.8 Å². The Morgan fingerprint density at radius 3 is 2.56 bits per heavy atom. The van der Waals surface area contributed by atoms with Gasteiger partial charge >= 0.3 is 0 Å². The van der Waals surface area contributed by atoms with E-state index in [0.717, 1.165) is 23.3 Å². The van der Waals surface area contributed by atoms with E-state index in [1.54, 1.807) is 0 Å². The molecule has 1 heterocycles. The number of fused-ring (bicyclic) bond motifs is 1. The molecule has 0 spiro atoms. The summed E-state index contributed by atoms with van der Waals surface area (Å²) in [5.74, 6) is 0.983. The van der Waals surface area contributed by atoms with Crippen LogP contribution in [0.1, 0.15) is 17.0 Å². The van der Waals surface area contributed by atoms with E-state index >= 15 is 0 Å². The summed E-state index contributed by atoms with van der Waals surface area (Å²) in [6, 6.07) is 4.19. The molecule has 0 aliphatic carbocycles. The minimum Gasteiger partial charge on any atom is -0.342 e. The van der Waals surface area contributed by atoms with Gasteiger partial charge in [-0.25, -0.2) is 4.98 Å². The number of nitrogens with one attached hydrogen (secondary N) is 1. The van der Waals surface area contributed by atoms with Crippen molar-refractivity contribution in [2.24, 2.45) is 5.73 Å². The Morgan fingerprint density at radius 1 is 1.25 bits per heavy atom. The quantitative estimate of drug-likeness (QED) is 0.873. The zero-order chi connectivity index (χ0) is 10.1. The van der Waals surface area contributed by atoms with Crippen molar-refractivity contribution in [3.8, 4) is 0 Å². The first-order chi connectivity index (χ1) is 6.72. The Hall–Kier alpha value is -0.770. The van der Waals surface area contributed by atoms with Crippen LogP contribution in [0.25, 0.3) is 11.0 Å². The molecule has 0 bridgehead atoms. The fraction of sp³-hybridized carbons (Fsp3) is 0.364. The number of halogens is 2. The largest absolute Gasteiger partial charge is 0.342 e. The number of aromatic amines is 1. The van der Waals surface area contributed by atoms with Gasteiger partial charge < -0.3 is 10.7 Å². The molecular formula is C11H17Cl2N3. The lowest BCUT2D eigenvalue weighted by Crippen LogP contribution is -2.03. The van der Waals surface area contributed by atoms with Gasteiger partial charge in [-0.05, 0) is 37.6 Å². The van der Waals surface area contributed by atoms with Crippen LogP contribution in [0.5, 0.6) is 0 Å². The molecule has 16 heavy (non-hydrogen) atoms. The molecule has 1 aromatic heterocycles. The standard InChI is InChI=1S/C11H15N3.2ClH/c1-7-3-4-9-11(8(7)2)14-10(13-9)5-6-12;;/h3-4H,5-6,12H2,1-2H3,(H,13,14);2*1H. The summed E-state index contributed by atoms with van der Waals surface area (Å²) in [4.78, 5) is 7.80. The van der Waals surface area contributed by atoms with E-state index < -0.39 is 0 Å². The van der Waals surface area contributed by atoms with Gasteiger partial charge in [-0.1, -0.05) is 6.07 Å². The van der Waals surface area contributed by atoms with Gasteiger partial charge in [-0.3, -0.25) is 0 Å². The summed E-state index contributed by atoms with van der Waals surface area (Å²) in [5.41, 5.74) is 10.2. The predicted molar refractivity (Wildman–Crippen MR) is 72.8 cm³/mol. The van der Waals surface area contributed by atoms with E-state index in [1.807, 2.05) is 0 Å². The predicted octanol–water partition coefficient (Wildman–Crippen LogP) is 2.52. The molecule has 0 saturated carbocycles. The van der Waals surface area contributed by atoms with Crippen molar-refractivity contribution in [1.82, 2.24) is 9.97 Å². The fourth-order valence-corrected chi connectivity index (χ4v) is 1.62. The summed E-state index contributed by atoms with van der Waals surface area (Å²) in [6.45, 7) is 4.84. The number of rotatable bonds is 2. The second-order valence-electron chi connectivity index (χ2n) is 3.63. The Kier molecular flexibility index (Phi) is 5.79. The highest BCUT2D eigenvalue weighted by molar-refractivity contribution is 5.85. The summed E-state index contributed by atoms with van der Waals surface area (Å²) in [6.07, 6.45) is 0.813. The molecule has 0 saturated heterocycles. The molecule has 0 amide bonds. The third-order valence-corrected chi connectivity index (χ3v) is 2.61. The molecular weight excluding hydrogens is 245 g/mol. The number of imidazole rings is 1. The van der Waals surface area contributed by atoms with E-state index in [2.05, 4.69) is 35.9 Å². The lowest BCUT2D eigenvalue weighted by Gasteiger charge is -1.98. The Morgan fingerprint density at radius 2 is 1.94 bits per heavy atom. The summed E-state index contributed by atoms with van der Waals surface area (Å²) >= 11 is 0. The van der Waals surface area contributed by atoms with Crippen LogP contribution in [-0.2, 0) is 6.42 Å². The van der Waals surface area contributed by atoms with Gasteiger partial charge in [-0.15, -0.1) is 24.8 Å². The van der Waals surface area contributed by atoms with Crippen LogP contribution in [0.15, 0.2) is 12.1 Å². The number of H-pyrrole nitrogens is 1. The zero-order valence-electron chi connectivity index (χ0n) is 9.41. The fourth-order valence-electron chi connectivity index (χ4n) is 1.62. The van der Waals surface area contributed by atoms with E-state index in [9.17, 15) is 0 Å². The van der Waals surface area contributed by atoms with Gasteiger partial charge in [-0.2, -0.15) is 0 Å². The monoisotopic (exact) mass is 261 g/mol. The highest BCUT2D eigenvalue weighted by atomic mass is 35.5. The molecule has 0 atom stereocenters. The van der Waals surface area contributed by atoms with Crippen molar-refractivity contribution in [2.75, 3.05) is 6.54 Å². The average molecular weight is 262 g/mol.